The molecule has 3 aromatic heterocycles. The Hall–Kier alpha value is -1.76. The average Bonchev–Trinajstić information content (AvgIpc) is 2.79. The molecular weight excluding hydrogens is 296 g/mol. The van der Waals surface area contributed by atoms with E-state index in [4.69, 9.17) is 0 Å². The Balaban J connectivity index is 2.28. The fraction of sp³-hybridized carbons (Fsp3) is 0.273. The number of hydrogen-bond donors (Lipinski definition) is 1. The van der Waals surface area contributed by atoms with Crippen LogP contribution in [0.25, 0.3) is 16.7 Å². The van der Waals surface area contributed by atoms with Crippen molar-refractivity contribution in [1.82, 2.24) is 24.6 Å². The molecule has 18 heavy (non-hydrogen) atoms. The van der Waals surface area contributed by atoms with Gasteiger partial charge in [0, 0.05) is 17.6 Å². The van der Waals surface area contributed by atoms with E-state index in [0.29, 0.717) is 5.95 Å². The monoisotopic (exact) mass is 306 g/mol. The first-order chi connectivity index (χ1) is 8.65. The quantitative estimate of drug-likeness (QED) is 0.786. The molecule has 0 amide bonds. The van der Waals surface area contributed by atoms with Crippen molar-refractivity contribution in [2.75, 3.05) is 5.32 Å². The number of nitrogens with zero attached hydrogens (tertiary/aromatic N) is 5. The molecule has 0 aliphatic rings. The van der Waals surface area contributed by atoms with E-state index in [9.17, 15) is 0 Å². The summed E-state index contributed by atoms with van der Waals surface area (Å²) >= 11 is 3.46. The van der Waals surface area contributed by atoms with Gasteiger partial charge in [-0.1, -0.05) is 0 Å². The Kier molecular flexibility index (Phi) is 2.62. The molecule has 0 bridgehead atoms. The van der Waals surface area contributed by atoms with Crippen molar-refractivity contribution < 1.29 is 0 Å². The van der Waals surface area contributed by atoms with E-state index in [2.05, 4.69) is 41.4 Å². The first-order valence-electron chi connectivity index (χ1n) is 5.56. The van der Waals surface area contributed by atoms with Crippen molar-refractivity contribution >= 4 is 38.6 Å². The third kappa shape index (κ3) is 1.80. The van der Waals surface area contributed by atoms with E-state index >= 15 is 0 Å². The van der Waals surface area contributed by atoms with E-state index in [-0.39, 0.29) is 6.04 Å². The lowest BCUT2D eigenvalue weighted by molar-refractivity contribution is 0.876. The molecule has 6 nitrogen and oxygen atoms in total. The second kappa shape index (κ2) is 4.16. The SMILES string of the molecule is CC(C)Nc1ncc2cc(Br)c3nncn3c2n1. The van der Waals surface area contributed by atoms with Crippen molar-refractivity contribution in [3.05, 3.63) is 23.1 Å². The van der Waals surface area contributed by atoms with Crippen molar-refractivity contribution in [2.45, 2.75) is 19.9 Å². The number of pyridine rings is 1. The van der Waals surface area contributed by atoms with Crippen LogP contribution in [0.1, 0.15) is 13.8 Å². The standard InChI is InChI=1S/C11H11BrN6/c1-6(2)15-11-13-4-7-3-8(12)10-17-14-5-18(10)9(7)16-11/h3-6H,1-2H3,(H,13,15,16). The van der Waals surface area contributed by atoms with Crippen LogP contribution in [-0.4, -0.2) is 30.6 Å². The molecular formula is C11H11BrN6. The zero-order valence-electron chi connectivity index (χ0n) is 9.92. The minimum absolute atomic E-state index is 0.286. The largest absolute Gasteiger partial charge is 0.352 e. The number of hydrogen-bond acceptors (Lipinski definition) is 5. The minimum atomic E-state index is 0.286. The van der Waals surface area contributed by atoms with Crippen molar-refractivity contribution in [1.29, 1.82) is 0 Å². The smallest absolute Gasteiger partial charge is 0.224 e. The van der Waals surface area contributed by atoms with Gasteiger partial charge in [0.25, 0.3) is 0 Å². The molecule has 3 heterocycles. The molecule has 0 unspecified atom stereocenters. The highest BCUT2D eigenvalue weighted by Crippen LogP contribution is 2.22. The summed E-state index contributed by atoms with van der Waals surface area (Å²) in [4.78, 5) is 8.78. The molecule has 0 aromatic carbocycles. The molecule has 0 spiro atoms. The molecule has 1 N–H and O–H groups in total. The summed E-state index contributed by atoms with van der Waals surface area (Å²) < 4.78 is 2.72. The van der Waals surface area contributed by atoms with Crippen LogP contribution in [0.5, 0.6) is 0 Å². The average molecular weight is 307 g/mol. The maximum absolute atomic E-state index is 4.50. The first kappa shape index (κ1) is 11.3. The van der Waals surface area contributed by atoms with Crippen LogP contribution in [-0.2, 0) is 0 Å². The van der Waals surface area contributed by atoms with Crippen molar-refractivity contribution in [3.8, 4) is 0 Å². The topological polar surface area (TPSA) is 68.0 Å². The molecule has 3 rings (SSSR count). The molecule has 0 aliphatic heterocycles. The predicted molar refractivity (Wildman–Crippen MR) is 72.5 cm³/mol. The summed E-state index contributed by atoms with van der Waals surface area (Å²) in [6.45, 7) is 4.09. The summed E-state index contributed by atoms with van der Waals surface area (Å²) in [6, 6.07) is 2.23. The van der Waals surface area contributed by atoms with E-state index in [0.717, 1.165) is 21.2 Å². The fourth-order valence-corrected chi connectivity index (χ4v) is 2.28. The lowest BCUT2D eigenvalue weighted by Gasteiger charge is -2.09. The minimum Gasteiger partial charge on any atom is -0.352 e. The maximum Gasteiger partial charge on any atom is 0.224 e. The normalized spacial score (nSPS) is 11.6. The Morgan fingerprint density at radius 2 is 2.17 bits per heavy atom. The number of rotatable bonds is 2. The third-order valence-electron chi connectivity index (χ3n) is 2.49. The Bertz CT molecular complexity index is 720. The number of fused-ring (bicyclic) bond motifs is 3. The fourth-order valence-electron chi connectivity index (χ4n) is 1.76. The van der Waals surface area contributed by atoms with Crippen LogP contribution >= 0.6 is 15.9 Å². The van der Waals surface area contributed by atoms with Gasteiger partial charge in [0.1, 0.15) is 6.33 Å². The molecule has 0 atom stereocenters. The zero-order valence-corrected chi connectivity index (χ0v) is 11.5. The highest BCUT2D eigenvalue weighted by Gasteiger charge is 2.09. The van der Waals surface area contributed by atoms with Gasteiger partial charge < -0.3 is 5.32 Å². The van der Waals surface area contributed by atoms with Crippen LogP contribution < -0.4 is 5.32 Å². The lowest BCUT2D eigenvalue weighted by atomic mass is 10.3. The van der Waals surface area contributed by atoms with Crippen LogP contribution in [0.15, 0.2) is 23.1 Å². The summed E-state index contributed by atoms with van der Waals surface area (Å²) in [5.41, 5.74) is 1.54. The Morgan fingerprint density at radius 1 is 1.33 bits per heavy atom. The van der Waals surface area contributed by atoms with Gasteiger partial charge in [0.05, 0.1) is 4.47 Å². The van der Waals surface area contributed by atoms with E-state index in [1.807, 2.05) is 24.3 Å². The third-order valence-corrected chi connectivity index (χ3v) is 3.07. The van der Waals surface area contributed by atoms with Gasteiger partial charge in [-0.25, -0.2) is 4.98 Å². The van der Waals surface area contributed by atoms with Crippen molar-refractivity contribution in [3.63, 3.8) is 0 Å². The van der Waals surface area contributed by atoms with Gasteiger partial charge in [-0.3, -0.25) is 4.40 Å². The van der Waals surface area contributed by atoms with Gasteiger partial charge in [0.2, 0.25) is 5.95 Å². The second-order valence-corrected chi connectivity index (χ2v) is 5.14. The van der Waals surface area contributed by atoms with E-state index in [1.54, 1.807) is 12.5 Å². The lowest BCUT2D eigenvalue weighted by Crippen LogP contribution is -2.12. The van der Waals surface area contributed by atoms with Gasteiger partial charge in [-0.2, -0.15) is 4.98 Å². The molecule has 92 valence electrons. The predicted octanol–water partition coefficient (Wildman–Crippen LogP) is 2.26. The van der Waals surface area contributed by atoms with E-state index < -0.39 is 0 Å². The molecule has 0 aliphatic carbocycles. The van der Waals surface area contributed by atoms with Crippen LogP contribution in [0.2, 0.25) is 0 Å². The summed E-state index contributed by atoms with van der Waals surface area (Å²) in [5, 5.41) is 12.1. The van der Waals surface area contributed by atoms with E-state index in [1.165, 1.54) is 0 Å². The van der Waals surface area contributed by atoms with Crippen LogP contribution in [0, 0.1) is 0 Å². The number of nitrogens with one attached hydrogen (secondary N) is 1. The molecule has 0 fully saturated rings. The highest BCUT2D eigenvalue weighted by atomic mass is 79.9. The second-order valence-electron chi connectivity index (χ2n) is 4.29. The van der Waals surface area contributed by atoms with Gasteiger partial charge in [-0.05, 0) is 35.8 Å². The molecule has 0 saturated carbocycles. The van der Waals surface area contributed by atoms with Gasteiger partial charge in [-0.15, -0.1) is 10.2 Å². The highest BCUT2D eigenvalue weighted by molar-refractivity contribution is 9.10. The molecule has 3 aromatic rings. The molecule has 7 heteroatoms. The van der Waals surface area contributed by atoms with Gasteiger partial charge in [0.15, 0.2) is 11.3 Å². The first-order valence-corrected chi connectivity index (χ1v) is 6.36. The summed E-state index contributed by atoms with van der Waals surface area (Å²) in [7, 11) is 0. The summed E-state index contributed by atoms with van der Waals surface area (Å²) in [5.74, 6) is 0.606. The van der Waals surface area contributed by atoms with Crippen LogP contribution in [0.3, 0.4) is 0 Å². The molecule has 0 saturated heterocycles. The van der Waals surface area contributed by atoms with Crippen molar-refractivity contribution in [2.24, 2.45) is 0 Å². The number of anilines is 1. The summed E-state index contributed by atoms with van der Waals surface area (Å²) in [6.07, 6.45) is 3.44. The molecule has 0 radical (unpaired) electrons. The maximum atomic E-state index is 4.50. The van der Waals surface area contributed by atoms with Gasteiger partial charge >= 0.3 is 0 Å². The zero-order chi connectivity index (χ0) is 12.7. The number of aromatic nitrogens is 5. The number of halogens is 1. The Morgan fingerprint density at radius 3 is 2.94 bits per heavy atom. The van der Waals surface area contributed by atoms with Crippen LogP contribution in [0.4, 0.5) is 5.95 Å². The Labute approximate surface area is 112 Å².